The van der Waals surface area contributed by atoms with E-state index in [0.29, 0.717) is 11.8 Å². The molecule has 0 nitrogen and oxygen atoms in total. The molecule has 118 valence electrons. The molecular formula is C22H30. The summed E-state index contributed by atoms with van der Waals surface area (Å²) in [4.78, 5) is 0. The minimum atomic E-state index is 0.626. The molecule has 2 unspecified atom stereocenters. The fourth-order valence-corrected chi connectivity index (χ4v) is 3.87. The second-order valence-electron chi connectivity index (χ2n) is 7.55. The van der Waals surface area contributed by atoms with E-state index < -0.39 is 0 Å². The van der Waals surface area contributed by atoms with E-state index in [0.717, 1.165) is 11.8 Å². The molecule has 0 bridgehead atoms. The summed E-state index contributed by atoms with van der Waals surface area (Å²) >= 11 is 0. The molecule has 1 aromatic rings. The summed E-state index contributed by atoms with van der Waals surface area (Å²) in [6.07, 6.45) is 18.1. The first-order valence-electron chi connectivity index (χ1n) is 9.14. The summed E-state index contributed by atoms with van der Waals surface area (Å²) in [5, 5.41) is 0. The Balaban J connectivity index is 1.53. The maximum atomic E-state index is 2.52. The van der Waals surface area contributed by atoms with Gasteiger partial charge in [0.05, 0.1) is 0 Å². The molecule has 2 aliphatic carbocycles. The first-order valence-corrected chi connectivity index (χ1v) is 9.14. The zero-order valence-electron chi connectivity index (χ0n) is 14.2. The molecule has 3 rings (SSSR count). The molecule has 0 heteroatoms. The van der Waals surface area contributed by atoms with Crippen molar-refractivity contribution in [3.05, 3.63) is 59.7 Å². The van der Waals surface area contributed by atoms with E-state index in [1.165, 1.54) is 49.7 Å². The molecule has 0 aromatic heterocycles. The molecule has 0 aliphatic heterocycles. The van der Waals surface area contributed by atoms with E-state index in [4.69, 9.17) is 0 Å². The van der Waals surface area contributed by atoms with Gasteiger partial charge in [-0.3, -0.25) is 0 Å². The fraction of sp³-hybridized carbons (Fsp3) is 0.545. The van der Waals surface area contributed by atoms with Crippen molar-refractivity contribution in [2.45, 2.75) is 58.3 Å². The Morgan fingerprint density at radius 2 is 1.55 bits per heavy atom. The smallest absolute Gasteiger partial charge is 0.00185 e. The van der Waals surface area contributed by atoms with Crippen LogP contribution in [0.3, 0.4) is 0 Å². The highest BCUT2D eigenvalue weighted by atomic mass is 14.2. The largest absolute Gasteiger partial charge is 0.0848 e. The third-order valence-corrected chi connectivity index (χ3v) is 5.60. The zero-order chi connectivity index (χ0) is 15.4. The van der Waals surface area contributed by atoms with Crippen LogP contribution in [0.15, 0.2) is 48.6 Å². The Labute approximate surface area is 136 Å². The van der Waals surface area contributed by atoms with Gasteiger partial charge in [-0.25, -0.2) is 0 Å². The van der Waals surface area contributed by atoms with Gasteiger partial charge in [0.25, 0.3) is 0 Å². The van der Waals surface area contributed by atoms with Gasteiger partial charge in [-0.2, -0.15) is 0 Å². The molecule has 0 amide bonds. The molecule has 1 fully saturated rings. The Morgan fingerprint density at radius 3 is 2.18 bits per heavy atom. The van der Waals surface area contributed by atoms with Crippen LogP contribution in [0, 0.1) is 24.7 Å². The molecule has 0 saturated heterocycles. The summed E-state index contributed by atoms with van der Waals surface area (Å²) in [6.45, 7) is 4.56. The van der Waals surface area contributed by atoms with E-state index in [-0.39, 0.29) is 0 Å². The van der Waals surface area contributed by atoms with Gasteiger partial charge in [-0.1, -0.05) is 73.9 Å². The second kappa shape index (κ2) is 7.31. The highest BCUT2D eigenvalue weighted by Crippen LogP contribution is 2.33. The van der Waals surface area contributed by atoms with Crippen LogP contribution < -0.4 is 0 Å². The van der Waals surface area contributed by atoms with Crippen molar-refractivity contribution in [1.82, 2.24) is 0 Å². The third kappa shape index (κ3) is 4.12. The molecule has 0 spiro atoms. The van der Waals surface area contributed by atoms with E-state index >= 15 is 0 Å². The van der Waals surface area contributed by atoms with Gasteiger partial charge in [0.2, 0.25) is 0 Å². The molecule has 1 aromatic carbocycles. The number of hydrogen-bond acceptors (Lipinski definition) is 0. The Hall–Kier alpha value is -1.30. The summed E-state index contributed by atoms with van der Waals surface area (Å²) in [6, 6.07) is 9.06. The first kappa shape index (κ1) is 15.6. The van der Waals surface area contributed by atoms with Gasteiger partial charge in [0.15, 0.2) is 0 Å². The normalized spacial score (nSPS) is 32.5. The van der Waals surface area contributed by atoms with Crippen molar-refractivity contribution in [1.29, 1.82) is 0 Å². The number of hydrogen-bond donors (Lipinski definition) is 0. The summed E-state index contributed by atoms with van der Waals surface area (Å²) in [5.41, 5.74) is 2.83. The fourth-order valence-electron chi connectivity index (χ4n) is 3.87. The van der Waals surface area contributed by atoms with E-state index in [9.17, 15) is 0 Å². The van der Waals surface area contributed by atoms with Gasteiger partial charge >= 0.3 is 0 Å². The molecule has 0 N–H and O–H groups in total. The Bertz CT molecular complexity index is 511. The SMILES string of the molecule is Cc1ccc(C2C=CC(/C=C/C3CCC(C)CC3)CC2)cc1. The molecule has 0 radical (unpaired) electrons. The average Bonchev–Trinajstić information content (AvgIpc) is 2.56. The maximum absolute atomic E-state index is 2.52. The second-order valence-corrected chi connectivity index (χ2v) is 7.55. The quantitative estimate of drug-likeness (QED) is 0.564. The summed E-state index contributed by atoms with van der Waals surface area (Å²) in [5.74, 6) is 3.09. The average molecular weight is 294 g/mol. The van der Waals surface area contributed by atoms with Crippen molar-refractivity contribution in [2.75, 3.05) is 0 Å². The minimum absolute atomic E-state index is 0.626. The van der Waals surface area contributed by atoms with Crippen LogP contribution in [0.5, 0.6) is 0 Å². The van der Waals surface area contributed by atoms with Crippen molar-refractivity contribution in [3.8, 4) is 0 Å². The van der Waals surface area contributed by atoms with Gasteiger partial charge in [0.1, 0.15) is 0 Å². The van der Waals surface area contributed by atoms with Gasteiger partial charge in [-0.05, 0) is 55.9 Å². The predicted molar refractivity (Wildman–Crippen MR) is 96.0 cm³/mol. The molecule has 2 atom stereocenters. The van der Waals surface area contributed by atoms with E-state index in [1.54, 1.807) is 0 Å². The summed E-state index contributed by atoms with van der Waals surface area (Å²) in [7, 11) is 0. The number of allylic oxidation sites excluding steroid dienone is 4. The number of rotatable bonds is 3. The lowest BCUT2D eigenvalue weighted by Crippen LogP contribution is -2.11. The van der Waals surface area contributed by atoms with E-state index in [1.807, 2.05) is 0 Å². The molecular weight excluding hydrogens is 264 g/mol. The molecule has 1 saturated carbocycles. The standard InChI is InChI=1S/C22H30/c1-17-3-7-19(8-4-17)9-10-20-11-15-22(16-12-20)21-13-5-18(2)6-14-21/h5-6,9-11,13-15,17,19-20,22H,3-4,7-8,12,16H2,1-2H3/b10-9+. The van der Waals surface area contributed by atoms with Gasteiger partial charge in [-0.15, -0.1) is 0 Å². The van der Waals surface area contributed by atoms with Crippen LogP contribution >= 0.6 is 0 Å². The van der Waals surface area contributed by atoms with Crippen LogP contribution in [0.2, 0.25) is 0 Å². The van der Waals surface area contributed by atoms with Crippen LogP contribution in [-0.4, -0.2) is 0 Å². The lowest BCUT2D eigenvalue weighted by Gasteiger charge is -2.25. The Morgan fingerprint density at radius 1 is 0.818 bits per heavy atom. The first-order chi connectivity index (χ1) is 10.7. The maximum Gasteiger partial charge on any atom is 0.00185 e. The monoisotopic (exact) mass is 294 g/mol. The predicted octanol–water partition coefficient (Wildman–Crippen LogP) is 6.43. The Kier molecular flexibility index (Phi) is 5.18. The van der Waals surface area contributed by atoms with Crippen molar-refractivity contribution in [2.24, 2.45) is 17.8 Å². The van der Waals surface area contributed by atoms with E-state index in [2.05, 4.69) is 62.4 Å². The van der Waals surface area contributed by atoms with Crippen LogP contribution in [0.25, 0.3) is 0 Å². The zero-order valence-corrected chi connectivity index (χ0v) is 14.2. The molecule has 2 aliphatic rings. The highest BCUT2D eigenvalue weighted by molar-refractivity contribution is 5.29. The van der Waals surface area contributed by atoms with Crippen molar-refractivity contribution < 1.29 is 0 Å². The molecule has 0 heterocycles. The van der Waals surface area contributed by atoms with Crippen LogP contribution in [-0.2, 0) is 0 Å². The molecule has 22 heavy (non-hydrogen) atoms. The highest BCUT2D eigenvalue weighted by Gasteiger charge is 2.18. The van der Waals surface area contributed by atoms with Crippen molar-refractivity contribution >= 4 is 0 Å². The van der Waals surface area contributed by atoms with Crippen molar-refractivity contribution in [3.63, 3.8) is 0 Å². The minimum Gasteiger partial charge on any atom is -0.0848 e. The lowest BCUT2D eigenvalue weighted by atomic mass is 9.81. The van der Waals surface area contributed by atoms with Gasteiger partial charge < -0.3 is 0 Å². The topological polar surface area (TPSA) is 0 Å². The number of aryl methyl sites for hydroxylation is 1. The lowest BCUT2D eigenvalue weighted by molar-refractivity contribution is 0.329. The summed E-state index contributed by atoms with van der Waals surface area (Å²) < 4.78 is 0. The van der Waals surface area contributed by atoms with Gasteiger partial charge in [0, 0.05) is 5.92 Å². The number of benzene rings is 1. The third-order valence-electron chi connectivity index (χ3n) is 5.60. The van der Waals surface area contributed by atoms with Crippen LogP contribution in [0.1, 0.15) is 62.5 Å². The van der Waals surface area contributed by atoms with Crippen LogP contribution in [0.4, 0.5) is 0 Å².